The predicted octanol–water partition coefficient (Wildman–Crippen LogP) is 4.26. The Labute approximate surface area is 173 Å². The number of aryl methyl sites for hydroxylation is 1. The highest BCUT2D eigenvalue weighted by atomic mass is 35.5. The van der Waals surface area contributed by atoms with Crippen LogP contribution < -0.4 is 10.1 Å². The molecule has 0 aliphatic rings. The van der Waals surface area contributed by atoms with Crippen LogP contribution in [0.1, 0.15) is 20.4 Å². The molecular formula is C20H21ClN4O2S. The van der Waals surface area contributed by atoms with Gasteiger partial charge in [0, 0.05) is 17.3 Å². The Hall–Kier alpha value is -2.48. The molecule has 1 amide bonds. The molecule has 1 aromatic heterocycles. The van der Waals surface area contributed by atoms with Crippen LogP contribution in [0.5, 0.6) is 5.75 Å². The van der Waals surface area contributed by atoms with Gasteiger partial charge in [0.15, 0.2) is 0 Å². The van der Waals surface area contributed by atoms with Gasteiger partial charge in [-0.25, -0.2) is 0 Å². The SMILES string of the molecule is Cc1ccccc1OCCN(C)Cc1nnc(C(=O)Nc2ccc(Cl)cc2)s1. The Morgan fingerprint density at radius 3 is 2.68 bits per heavy atom. The molecule has 0 fully saturated rings. The number of rotatable bonds is 8. The summed E-state index contributed by atoms with van der Waals surface area (Å²) in [6.45, 7) is 3.93. The van der Waals surface area contributed by atoms with Crippen LogP contribution in [0, 0.1) is 6.92 Å². The predicted molar refractivity (Wildman–Crippen MR) is 112 cm³/mol. The van der Waals surface area contributed by atoms with Gasteiger partial charge in [-0.15, -0.1) is 10.2 Å². The molecule has 1 heterocycles. The van der Waals surface area contributed by atoms with E-state index in [-0.39, 0.29) is 5.91 Å². The van der Waals surface area contributed by atoms with Gasteiger partial charge in [-0.2, -0.15) is 0 Å². The van der Waals surface area contributed by atoms with Gasteiger partial charge in [0.2, 0.25) is 5.01 Å². The van der Waals surface area contributed by atoms with Crippen LogP contribution in [0.3, 0.4) is 0 Å². The zero-order chi connectivity index (χ0) is 19.9. The lowest BCUT2D eigenvalue weighted by Crippen LogP contribution is -2.24. The van der Waals surface area contributed by atoms with Crippen molar-refractivity contribution in [1.82, 2.24) is 15.1 Å². The van der Waals surface area contributed by atoms with Crippen LogP contribution in [-0.4, -0.2) is 41.2 Å². The summed E-state index contributed by atoms with van der Waals surface area (Å²) in [5, 5.41) is 12.6. The van der Waals surface area contributed by atoms with Crippen molar-refractivity contribution in [3.63, 3.8) is 0 Å². The Morgan fingerprint density at radius 2 is 1.93 bits per heavy atom. The largest absolute Gasteiger partial charge is 0.492 e. The van der Waals surface area contributed by atoms with Crippen molar-refractivity contribution in [2.24, 2.45) is 0 Å². The van der Waals surface area contributed by atoms with Gasteiger partial charge >= 0.3 is 0 Å². The molecule has 2 aromatic carbocycles. The maximum atomic E-state index is 12.3. The zero-order valence-corrected chi connectivity index (χ0v) is 17.3. The highest BCUT2D eigenvalue weighted by Gasteiger charge is 2.14. The third-order valence-corrected chi connectivity index (χ3v) is 5.15. The number of ether oxygens (including phenoxy) is 1. The van der Waals surface area contributed by atoms with E-state index in [0.717, 1.165) is 22.9 Å². The first-order chi connectivity index (χ1) is 13.5. The molecule has 8 heteroatoms. The molecule has 3 aromatic rings. The lowest BCUT2D eigenvalue weighted by molar-refractivity contribution is 0.102. The molecule has 3 rings (SSSR count). The second-order valence-corrected chi connectivity index (χ2v) is 7.81. The van der Waals surface area contributed by atoms with Gasteiger partial charge < -0.3 is 10.1 Å². The van der Waals surface area contributed by atoms with Gasteiger partial charge in [0.05, 0.1) is 6.54 Å². The Balaban J connectivity index is 1.47. The first-order valence-electron chi connectivity index (χ1n) is 8.77. The third kappa shape index (κ3) is 5.76. The number of likely N-dealkylation sites (N-methyl/N-ethyl adjacent to an activating group) is 1. The van der Waals surface area contributed by atoms with Crippen LogP contribution in [0.25, 0.3) is 0 Å². The standard InChI is InChI=1S/C20H21ClN4O2S/c1-14-5-3-4-6-17(14)27-12-11-25(2)13-18-23-24-20(28-18)19(26)22-16-9-7-15(21)8-10-16/h3-10H,11-13H2,1-2H3,(H,22,26). The van der Waals surface area contributed by atoms with E-state index < -0.39 is 0 Å². The summed E-state index contributed by atoms with van der Waals surface area (Å²) in [5.41, 5.74) is 1.78. The molecule has 0 radical (unpaired) electrons. The molecular weight excluding hydrogens is 396 g/mol. The summed E-state index contributed by atoms with van der Waals surface area (Å²) >= 11 is 7.13. The number of aromatic nitrogens is 2. The van der Waals surface area contributed by atoms with E-state index in [1.54, 1.807) is 24.3 Å². The summed E-state index contributed by atoms with van der Waals surface area (Å²) in [6.07, 6.45) is 0. The van der Waals surface area contributed by atoms with E-state index in [2.05, 4.69) is 20.4 Å². The lowest BCUT2D eigenvalue weighted by atomic mass is 10.2. The number of carbonyl (C=O) groups excluding carboxylic acids is 1. The molecule has 0 aliphatic heterocycles. The van der Waals surface area contributed by atoms with Gasteiger partial charge in [0.1, 0.15) is 17.4 Å². The average molecular weight is 417 g/mol. The molecule has 28 heavy (non-hydrogen) atoms. The number of amides is 1. The summed E-state index contributed by atoms with van der Waals surface area (Å²) in [6, 6.07) is 14.9. The maximum Gasteiger partial charge on any atom is 0.286 e. The van der Waals surface area contributed by atoms with Gasteiger partial charge in [-0.3, -0.25) is 9.69 Å². The summed E-state index contributed by atoms with van der Waals surface area (Å²) in [4.78, 5) is 14.4. The van der Waals surface area contributed by atoms with E-state index >= 15 is 0 Å². The number of hydrogen-bond donors (Lipinski definition) is 1. The minimum Gasteiger partial charge on any atom is -0.492 e. The van der Waals surface area contributed by atoms with Gasteiger partial charge in [-0.05, 0) is 49.9 Å². The van der Waals surface area contributed by atoms with Crippen molar-refractivity contribution in [2.45, 2.75) is 13.5 Å². The molecule has 0 spiro atoms. The first-order valence-corrected chi connectivity index (χ1v) is 9.97. The molecule has 0 saturated carbocycles. The van der Waals surface area contributed by atoms with Crippen molar-refractivity contribution in [3.8, 4) is 5.75 Å². The van der Waals surface area contributed by atoms with E-state index in [9.17, 15) is 4.79 Å². The number of anilines is 1. The monoisotopic (exact) mass is 416 g/mol. The number of hydrogen-bond acceptors (Lipinski definition) is 6. The fourth-order valence-corrected chi connectivity index (χ4v) is 3.41. The van der Waals surface area contributed by atoms with Crippen LogP contribution in [0.15, 0.2) is 48.5 Å². The number of para-hydroxylation sites is 1. The average Bonchev–Trinajstić information content (AvgIpc) is 3.14. The first kappa shape index (κ1) is 20.3. The van der Waals surface area contributed by atoms with Crippen LogP contribution in [0.4, 0.5) is 5.69 Å². The lowest BCUT2D eigenvalue weighted by Gasteiger charge is -2.15. The molecule has 0 atom stereocenters. The van der Waals surface area contributed by atoms with E-state index in [4.69, 9.17) is 16.3 Å². The van der Waals surface area contributed by atoms with Crippen molar-refractivity contribution < 1.29 is 9.53 Å². The fraction of sp³-hybridized carbons (Fsp3) is 0.250. The fourth-order valence-electron chi connectivity index (χ4n) is 2.47. The molecule has 6 nitrogen and oxygen atoms in total. The van der Waals surface area contributed by atoms with E-state index in [1.807, 2.05) is 38.2 Å². The van der Waals surface area contributed by atoms with Crippen molar-refractivity contribution in [2.75, 3.05) is 25.5 Å². The second-order valence-electron chi connectivity index (χ2n) is 6.31. The minimum absolute atomic E-state index is 0.281. The van der Waals surface area contributed by atoms with Gasteiger partial charge in [0.25, 0.3) is 5.91 Å². The third-order valence-electron chi connectivity index (χ3n) is 3.99. The topological polar surface area (TPSA) is 67.3 Å². The zero-order valence-electron chi connectivity index (χ0n) is 15.7. The highest BCUT2D eigenvalue weighted by molar-refractivity contribution is 7.13. The van der Waals surface area contributed by atoms with Crippen LogP contribution >= 0.6 is 22.9 Å². The Kier molecular flexibility index (Phi) is 6.97. The molecule has 0 unspecified atom stereocenters. The highest BCUT2D eigenvalue weighted by Crippen LogP contribution is 2.18. The molecule has 1 N–H and O–H groups in total. The summed E-state index contributed by atoms with van der Waals surface area (Å²) in [7, 11) is 1.98. The summed E-state index contributed by atoms with van der Waals surface area (Å²) < 4.78 is 5.82. The number of benzene rings is 2. The number of carbonyl (C=O) groups is 1. The molecule has 0 saturated heterocycles. The number of halogens is 1. The van der Waals surface area contributed by atoms with Crippen molar-refractivity contribution in [3.05, 3.63) is 69.1 Å². The van der Waals surface area contributed by atoms with E-state index in [0.29, 0.717) is 28.9 Å². The number of nitrogens with zero attached hydrogens (tertiary/aromatic N) is 3. The van der Waals surface area contributed by atoms with Crippen LogP contribution in [-0.2, 0) is 6.54 Å². The molecule has 146 valence electrons. The van der Waals surface area contributed by atoms with E-state index in [1.165, 1.54) is 11.3 Å². The van der Waals surface area contributed by atoms with Crippen molar-refractivity contribution in [1.29, 1.82) is 0 Å². The smallest absolute Gasteiger partial charge is 0.286 e. The normalized spacial score (nSPS) is 10.9. The quantitative estimate of drug-likeness (QED) is 0.594. The van der Waals surface area contributed by atoms with Gasteiger partial charge in [-0.1, -0.05) is 41.1 Å². The Morgan fingerprint density at radius 1 is 1.18 bits per heavy atom. The molecule has 0 aliphatic carbocycles. The van der Waals surface area contributed by atoms with Crippen LogP contribution in [0.2, 0.25) is 5.02 Å². The Bertz CT molecular complexity index is 930. The summed E-state index contributed by atoms with van der Waals surface area (Å²) in [5.74, 6) is 0.615. The van der Waals surface area contributed by atoms with Crippen molar-refractivity contribution >= 4 is 34.5 Å². The number of nitrogens with one attached hydrogen (secondary N) is 1. The maximum absolute atomic E-state index is 12.3. The second kappa shape index (κ2) is 9.64. The molecule has 0 bridgehead atoms. The minimum atomic E-state index is -0.281.